The molecule has 3 rings (SSSR count). The fourth-order valence-electron chi connectivity index (χ4n) is 2.14. The second-order valence-corrected chi connectivity index (χ2v) is 5.72. The lowest BCUT2D eigenvalue weighted by molar-refractivity contribution is 0.262. The van der Waals surface area contributed by atoms with Gasteiger partial charge in [-0.05, 0) is 46.4 Å². The van der Waals surface area contributed by atoms with Crippen molar-refractivity contribution in [2.75, 3.05) is 10.6 Å². The van der Waals surface area contributed by atoms with Crippen LogP contribution in [-0.2, 0) is 0 Å². The summed E-state index contributed by atoms with van der Waals surface area (Å²) in [5.74, 6) is 0.496. The molecule has 110 valence electrons. The fraction of sp³-hybridized carbons (Fsp3) is 0.0588. The molecule has 0 bridgehead atoms. The molecular weight excluding hydrogens is 342 g/mol. The lowest BCUT2D eigenvalue weighted by atomic mass is 10.2. The number of aromatic nitrogens is 1. The zero-order chi connectivity index (χ0) is 15.5. The average molecular weight is 356 g/mol. The highest BCUT2D eigenvalue weighted by atomic mass is 79.9. The van der Waals surface area contributed by atoms with Crippen LogP contribution in [0.15, 0.2) is 59.2 Å². The third-order valence-electron chi connectivity index (χ3n) is 3.24. The van der Waals surface area contributed by atoms with E-state index in [1.807, 2.05) is 61.5 Å². The third kappa shape index (κ3) is 3.26. The predicted octanol–water partition coefficient (Wildman–Crippen LogP) is 4.95. The minimum atomic E-state index is -0.321. The summed E-state index contributed by atoms with van der Waals surface area (Å²) < 4.78 is 0.705. The molecule has 0 unspecified atom stereocenters. The van der Waals surface area contributed by atoms with Crippen molar-refractivity contribution >= 4 is 44.2 Å². The number of anilines is 2. The van der Waals surface area contributed by atoms with E-state index in [-0.39, 0.29) is 6.03 Å². The predicted molar refractivity (Wildman–Crippen MR) is 93.3 cm³/mol. The summed E-state index contributed by atoms with van der Waals surface area (Å²) in [6.45, 7) is 2.00. The van der Waals surface area contributed by atoms with Gasteiger partial charge < -0.3 is 5.32 Å². The summed E-state index contributed by atoms with van der Waals surface area (Å²) in [4.78, 5) is 16.4. The molecule has 0 aliphatic rings. The number of rotatable bonds is 2. The van der Waals surface area contributed by atoms with E-state index in [9.17, 15) is 4.79 Å². The number of hydrogen-bond donors (Lipinski definition) is 2. The first-order valence-electron chi connectivity index (χ1n) is 6.82. The molecule has 3 aromatic rings. The van der Waals surface area contributed by atoms with E-state index in [4.69, 9.17) is 0 Å². The molecule has 22 heavy (non-hydrogen) atoms. The lowest BCUT2D eigenvalue weighted by Gasteiger charge is -2.09. The minimum absolute atomic E-state index is 0.321. The van der Waals surface area contributed by atoms with Crippen LogP contribution >= 0.6 is 15.9 Å². The number of urea groups is 1. The molecule has 0 saturated carbocycles. The summed E-state index contributed by atoms with van der Waals surface area (Å²) >= 11 is 3.43. The molecule has 1 aromatic heterocycles. The van der Waals surface area contributed by atoms with Crippen LogP contribution < -0.4 is 10.6 Å². The molecule has 0 fully saturated rings. The van der Waals surface area contributed by atoms with Crippen molar-refractivity contribution in [2.45, 2.75) is 6.92 Å². The number of nitrogens with one attached hydrogen (secondary N) is 2. The Kier molecular flexibility index (Phi) is 4.06. The van der Waals surface area contributed by atoms with Crippen molar-refractivity contribution in [3.63, 3.8) is 0 Å². The van der Waals surface area contributed by atoms with Gasteiger partial charge >= 0.3 is 6.03 Å². The van der Waals surface area contributed by atoms with Crippen LogP contribution in [0.3, 0.4) is 0 Å². The Morgan fingerprint density at radius 1 is 1.05 bits per heavy atom. The minimum Gasteiger partial charge on any atom is -0.308 e. The number of carbonyl (C=O) groups is 1. The van der Waals surface area contributed by atoms with Gasteiger partial charge in [-0.25, -0.2) is 9.78 Å². The molecular formula is C17H14BrN3O. The number of nitrogens with zero attached hydrogens (tertiary/aromatic N) is 1. The maximum absolute atomic E-state index is 12.0. The Morgan fingerprint density at radius 3 is 2.55 bits per heavy atom. The highest BCUT2D eigenvalue weighted by molar-refractivity contribution is 9.10. The molecule has 1 heterocycles. The second-order valence-electron chi connectivity index (χ2n) is 4.96. The van der Waals surface area contributed by atoms with Gasteiger partial charge in [-0.15, -0.1) is 0 Å². The van der Waals surface area contributed by atoms with Crippen LogP contribution in [0.25, 0.3) is 10.8 Å². The Hall–Kier alpha value is -2.40. The third-order valence-corrected chi connectivity index (χ3v) is 3.85. The van der Waals surface area contributed by atoms with Crippen LogP contribution in [0, 0.1) is 6.92 Å². The molecule has 0 atom stereocenters. The standard InChI is InChI=1S/C17H14BrN3O/c1-11-6-8-13(9-7-11)19-17(22)21-15-10-12-4-2-3-5-14(12)16(18)20-15/h2-10H,1H3,(H2,19,20,21,22). The van der Waals surface area contributed by atoms with Crippen LogP contribution in [0.4, 0.5) is 16.3 Å². The normalized spacial score (nSPS) is 10.5. The zero-order valence-corrected chi connectivity index (χ0v) is 13.5. The van der Waals surface area contributed by atoms with Gasteiger partial charge in [0.2, 0.25) is 0 Å². The molecule has 2 amide bonds. The van der Waals surface area contributed by atoms with Crippen molar-refractivity contribution in [1.82, 2.24) is 4.98 Å². The van der Waals surface area contributed by atoms with Gasteiger partial charge in [-0.2, -0.15) is 0 Å². The molecule has 0 aliphatic carbocycles. The maximum Gasteiger partial charge on any atom is 0.324 e. The summed E-state index contributed by atoms with van der Waals surface area (Å²) in [6.07, 6.45) is 0. The van der Waals surface area contributed by atoms with Crippen molar-refractivity contribution in [1.29, 1.82) is 0 Å². The molecule has 2 N–H and O–H groups in total. The zero-order valence-electron chi connectivity index (χ0n) is 11.9. The fourth-order valence-corrected chi connectivity index (χ4v) is 2.69. The highest BCUT2D eigenvalue weighted by Gasteiger charge is 2.07. The van der Waals surface area contributed by atoms with Gasteiger partial charge in [-0.1, -0.05) is 42.0 Å². The van der Waals surface area contributed by atoms with Crippen molar-refractivity contribution in [2.24, 2.45) is 0 Å². The number of benzene rings is 2. The van der Waals surface area contributed by atoms with E-state index in [0.29, 0.717) is 10.4 Å². The first kappa shape index (κ1) is 14.5. The number of hydrogen-bond acceptors (Lipinski definition) is 2. The highest BCUT2D eigenvalue weighted by Crippen LogP contribution is 2.24. The molecule has 4 nitrogen and oxygen atoms in total. The van der Waals surface area contributed by atoms with E-state index in [0.717, 1.165) is 22.0 Å². The Morgan fingerprint density at radius 2 is 1.77 bits per heavy atom. The van der Waals surface area contributed by atoms with Gasteiger partial charge in [0, 0.05) is 11.1 Å². The summed E-state index contributed by atoms with van der Waals surface area (Å²) in [6, 6.07) is 17.0. The topological polar surface area (TPSA) is 54.0 Å². The Bertz CT molecular complexity index is 831. The van der Waals surface area contributed by atoms with Crippen LogP contribution in [0.1, 0.15) is 5.56 Å². The maximum atomic E-state index is 12.0. The van der Waals surface area contributed by atoms with E-state index in [2.05, 4.69) is 31.5 Å². The van der Waals surface area contributed by atoms with Crippen molar-refractivity contribution in [3.8, 4) is 0 Å². The number of pyridine rings is 1. The van der Waals surface area contributed by atoms with E-state index in [1.165, 1.54) is 0 Å². The van der Waals surface area contributed by atoms with Crippen LogP contribution in [0.5, 0.6) is 0 Å². The first-order valence-corrected chi connectivity index (χ1v) is 7.61. The number of carbonyl (C=O) groups excluding carboxylic acids is 1. The quantitative estimate of drug-likeness (QED) is 0.639. The Labute approximate surface area is 136 Å². The molecule has 5 heteroatoms. The lowest BCUT2D eigenvalue weighted by Crippen LogP contribution is -2.20. The number of amides is 2. The second kappa shape index (κ2) is 6.15. The summed E-state index contributed by atoms with van der Waals surface area (Å²) in [7, 11) is 0. The smallest absolute Gasteiger partial charge is 0.308 e. The molecule has 0 saturated heterocycles. The number of halogens is 1. The van der Waals surface area contributed by atoms with Crippen molar-refractivity contribution < 1.29 is 4.79 Å². The van der Waals surface area contributed by atoms with Gasteiger partial charge in [0.25, 0.3) is 0 Å². The van der Waals surface area contributed by atoms with E-state index < -0.39 is 0 Å². The SMILES string of the molecule is Cc1ccc(NC(=O)Nc2cc3ccccc3c(Br)n2)cc1. The molecule has 0 spiro atoms. The number of fused-ring (bicyclic) bond motifs is 1. The van der Waals surface area contributed by atoms with E-state index in [1.54, 1.807) is 0 Å². The van der Waals surface area contributed by atoms with Crippen LogP contribution in [0.2, 0.25) is 0 Å². The monoisotopic (exact) mass is 355 g/mol. The first-order chi connectivity index (χ1) is 10.6. The summed E-state index contributed by atoms with van der Waals surface area (Å²) in [5, 5.41) is 7.54. The van der Waals surface area contributed by atoms with Gasteiger partial charge in [-0.3, -0.25) is 5.32 Å². The van der Waals surface area contributed by atoms with Gasteiger partial charge in [0.15, 0.2) is 0 Å². The van der Waals surface area contributed by atoms with Crippen LogP contribution in [-0.4, -0.2) is 11.0 Å². The molecule has 0 radical (unpaired) electrons. The molecule has 2 aromatic carbocycles. The van der Waals surface area contributed by atoms with Gasteiger partial charge in [0.05, 0.1) is 0 Å². The average Bonchev–Trinajstić information content (AvgIpc) is 2.49. The molecule has 0 aliphatic heterocycles. The van der Waals surface area contributed by atoms with Crippen molar-refractivity contribution in [3.05, 3.63) is 64.8 Å². The summed E-state index contributed by atoms with van der Waals surface area (Å²) in [5.41, 5.74) is 1.88. The van der Waals surface area contributed by atoms with E-state index >= 15 is 0 Å². The Balaban J connectivity index is 1.77. The largest absolute Gasteiger partial charge is 0.324 e. The number of aryl methyl sites for hydroxylation is 1. The van der Waals surface area contributed by atoms with Gasteiger partial charge in [0.1, 0.15) is 10.4 Å².